The van der Waals surface area contributed by atoms with Gasteiger partial charge in [-0.3, -0.25) is 0 Å². The molecule has 2 N–H and O–H groups in total. The molecule has 0 aromatic heterocycles. The van der Waals surface area contributed by atoms with Gasteiger partial charge < -0.3 is 19.9 Å². The van der Waals surface area contributed by atoms with Crippen LogP contribution in [-0.2, 0) is 4.74 Å². The second-order valence-corrected chi connectivity index (χ2v) is 4.32. The van der Waals surface area contributed by atoms with Crippen molar-refractivity contribution in [1.82, 2.24) is 5.32 Å². The maximum absolute atomic E-state index is 13.8. The molecule has 0 aliphatic carbocycles. The first-order valence-electron chi connectivity index (χ1n) is 6.43. The summed E-state index contributed by atoms with van der Waals surface area (Å²) in [5.74, 6) is -0.286. The molecule has 0 bridgehead atoms. The maximum Gasteiger partial charge on any atom is 0.165 e. The molecule has 2 unspecified atom stereocenters. The van der Waals surface area contributed by atoms with Crippen molar-refractivity contribution in [2.24, 2.45) is 0 Å². The van der Waals surface area contributed by atoms with Gasteiger partial charge in [0.1, 0.15) is 12.7 Å². The van der Waals surface area contributed by atoms with E-state index >= 15 is 0 Å². The fourth-order valence-corrected chi connectivity index (χ4v) is 1.56. The largest absolute Gasteiger partial charge is 0.488 e. The summed E-state index contributed by atoms with van der Waals surface area (Å²) in [6, 6.07) is 4.89. The number of benzene rings is 1. The quantitative estimate of drug-likeness (QED) is 0.758. The van der Waals surface area contributed by atoms with Crippen LogP contribution < -0.4 is 10.1 Å². The van der Waals surface area contributed by atoms with Crippen LogP contribution in [0.15, 0.2) is 18.2 Å². The van der Waals surface area contributed by atoms with E-state index in [9.17, 15) is 9.50 Å². The molecule has 0 spiro atoms. The van der Waals surface area contributed by atoms with E-state index in [1.807, 2.05) is 20.9 Å². The minimum Gasteiger partial charge on any atom is -0.488 e. The number of hydrogen-bond acceptors (Lipinski definition) is 4. The number of ether oxygens (including phenoxy) is 2. The van der Waals surface area contributed by atoms with Crippen LogP contribution in [0.3, 0.4) is 0 Å². The molecule has 0 radical (unpaired) electrons. The zero-order valence-electron chi connectivity index (χ0n) is 11.6. The molecule has 1 rings (SSSR count). The average molecular weight is 271 g/mol. The lowest BCUT2D eigenvalue weighted by Crippen LogP contribution is -2.23. The Labute approximate surface area is 113 Å². The summed E-state index contributed by atoms with van der Waals surface area (Å²) < 4.78 is 24.1. The van der Waals surface area contributed by atoms with Crippen LogP contribution in [0, 0.1) is 5.82 Å². The van der Waals surface area contributed by atoms with Crippen LogP contribution >= 0.6 is 0 Å². The number of aliphatic hydroxyl groups is 1. The maximum atomic E-state index is 13.8. The Balaban J connectivity index is 2.55. The van der Waals surface area contributed by atoms with Crippen molar-refractivity contribution in [3.05, 3.63) is 29.6 Å². The highest BCUT2D eigenvalue weighted by Crippen LogP contribution is 2.22. The van der Waals surface area contributed by atoms with Crippen LogP contribution in [0.1, 0.15) is 25.5 Å². The Morgan fingerprint density at radius 2 is 2.11 bits per heavy atom. The molecule has 0 fully saturated rings. The molecule has 0 amide bonds. The topological polar surface area (TPSA) is 50.7 Å². The van der Waals surface area contributed by atoms with Gasteiger partial charge in [0, 0.05) is 12.6 Å². The van der Waals surface area contributed by atoms with Gasteiger partial charge in [-0.2, -0.15) is 0 Å². The molecule has 0 aliphatic rings. The van der Waals surface area contributed by atoms with Crippen LogP contribution in [0.25, 0.3) is 0 Å². The van der Waals surface area contributed by atoms with Crippen LogP contribution in [-0.4, -0.2) is 38.1 Å². The van der Waals surface area contributed by atoms with Gasteiger partial charge in [-0.05, 0) is 38.6 Å². The second-order valence-electron chi connectivity index (χ2n) is 4.32. The Morgan fingerprint density at radius 3 is 2.68 bits per heavy atom. The van der Waals surface area contributed by atoms with Gasteiger partial charge in [-0.25, -0.2) is 4.39 Å². The molecule has 19 heavy (non-hydrogen) atoms. The lowest BCUT2D eigenvalue weighted by atomic mass is 10.1. The van der Waals surface area contributed by atoms with E-state index < -0.39 is 11.9 Å². The first-order chi connectivity index (χ1) is 9.08. The molecule has 4 nitrogen and oxygen atoms in total. The number of aliphatic hydroxyl groups excluding tert-OH is 1. The Morgan fingerprint density at radius 1 is 1.37 bits per heavy atom. The van der Waals surface area contributed by atoms with Crippen LogP contribution in [0.4, 0.5) is 4.39 Å². The third kappa shape index (κ3) is 5.14. The Hall–Kier alpha value is -1.17. The van der Waals surface area contributed by atoms with Gasteiger partial charge in [0.2, 0.25) is 0 Å². The van der Waals surface area contributed by atoms with Crippen molar-refractivity contribution in [2.75, 3.05) is 26.9 Å². The standard InChI is InChI=1S/C14H22FNO3/c1-4-18-8-12(17)9-19-14-6-5-11(7-13(14)15)10(2)16-3/h5-7,10,12,16-17H,4,8-9H2,1-3H3. The zero-order valence-corrected chi connectivity index (χ0v) is 11.6. The van der Waals surface area contributed by atoms with Crippen molar-refractivity contribution >= 4 is 0 Å². The number of hydrogen-bond donors (Lipinski definition) is 2. The molecular formula is C14H22FNO3. The van der Waals surface area contributed by atoms with Gasteiger partial charge in [-0.1, -0.05) is 6.07 Å². The lowest BCUT2D eigenvalue weighted by molar-refractivity contribution is 0.0157. The van der Waals surface area contributed by atoms with E-state index in [2.05, 4.69) is 5.32 Å². The summed E-state index contributed by atoms with van der Waals surface area (Å²) in [4.78, 5) is 0. The first kappa shape index (κ1) is 15.9. The highest BCUT2D eigenvalue weighted by atomic mass is 19.1. The summed E-state index contributed by atoms with van der Waals surface area (Å²) in [6.07, 6.45) is -0.754. The van der Waals surface area contributed by atoms with Crippen molar-refractivity contribution in [3.8, 4) is 5.75 Å². The Bertz CT molecular complexity index is 387. The number of halogens is 1. The van der Waals surface area contributed by atoms with E-state index in [0.29, 0.717) is 6.61 Å². The molecule has 5 heteroatoms. The third-order valence-electron chi connectivity index (χ3n) is 2.83. The van der Waals surface area contributed by atoms with Crippen molar-refractivity contribution < 1.29 is 19.0 Å². The van der Waals surface area contributed by atoms with E-state index in [4.69, 9.17) is 9.47 Å². The van der Waals surface area contributed by atoms with E-state index in [-0.39, 0.29) is 25.0 Å². The highest BCUT2D eigenvalue weighted by Gasteiger charge is 2.11. The molecule has 0 saturated carbocycles. The smallest absolute Gasteiger partial charge is 0.165 e. The van der Waals surface area contributed by atoms with Gasteiger partial charge in [0.05, 0.1) is 6.61 Å². The Kier molecular flexibility index (Phi) is 6.77. The monoisotopic (exact) mass is 271 g/mol. The van der Waals surface area contributed by atoms with Crippen molar-refractivity contribution in [2.45, 2.75) is 26.0 Å². The third-order valence-corrected chi connectivity index (χ3v) is 2.83. The summed E-state index contributed by atoms with van der Waals surface area (Å²) in [7, 11) is 1.82. The number of rotatable bonds is 8. The van der Waals surface area contributed by atoms with Gasteiger partial charge in [-0.15, -0.1) is 0 Å². The van der Waals surface area contributed by atoms with Crippen LogP contribution in [0.5, 0.6) is 5.75 Å². The molecule has 2 atom stereocenters. The average Bonchev–Trinajstić information content (AvgIpc) is 2.42. The normalized spacial score (nSPS) is 14.2. The molecule has 0 saturated heterocycles. The highest BCUT2D eigenvalue weighted by molar-refractivity contribution is 5.30. The molecule has 0 aliphatic heterocycles. The van der Waals surface area contributed by atoms with Gasteiger partial charge in [0.25, 0.3) is 0 Å². The predicted octanol–water partition coefficient (Wildman–Crippen LogP) is 1.88. The summed E-state index contributed by atoms with van der Waals surface area (Å²) in [5, 5.41) is 12.6. The van der Waals surface area contributed by atoms with E-state index in [0.717, 1.165) is 5.56 Å². The van der Waals surface area contributed by atoms with E-state index in [1.54, 1.807) is 12.1 Å². The van der Waals surface area contributed by atoms with E-state index in [1.165, 1.54) is 6.07 Å². The summed E-state index contributed by atoms with van der Waals surface area (Å²) in [6.45, 7) is 4.52. The molecule has 108 valence electrons. The van der Waals surface area contributed by atoms with Crippen LogP contribution in [0.2, 0.25) is 0 Å². The second kappa shape index (κ2) is 8.09. The predicted molar refractivity (Wildman–Crippen MR) is 71.9 cm³/mol. The number of nitrogens with one attached hydrogen (secondary N) is 1. The fourth-order valence-electron chi connectivity index (χ4n) is 1.56. The zero-order chi connectivity index (χ0) is 14.3. The molecular weight excluding hydrogens is 249 g/mol. The minimum absolute atomic E-state index is 0.0118. The molecule has 1 aromatic rings. The summed E-state index contributed by atoms with van der Waals surface area (Å²) >= 11 is 0. The lowest BCUT2D eigenvalue weighted by Gasteiger charge is -2.15. The van der Waals surface area contributed by atoms with Gasteiger partial charge >= 0.3 is 0 Å². The summed E-state index contributed by atoms with van der Waals surface area (Å²) in [5.41, 5.74) is 0.849. The van der Waals surface area contributed by atoms with Crippen molar-refractivity contribution in [1.29, 1.82) is 0 Å². The van der Waals surface area contributed by atoms with Gasteiger partial charge in [0.15, 0.2) is 11.6 Å². The van der Waals surface area contributed by atoms with Crippen molar-refractivity contribution in [3.63, 3.8) is 0 Å². The molecule has 1 aromatic carbocycles. The molecule has 0 heterocycles. The fraction of sp³-hybridized carbons (Fsp3) is 0.571. The first-order valence-corrected chi connectivity index (χ1v) is 6.43. The minimum atomic E-state index is -0.754. The SMILES string of the molecule is CCOCC(O)COc1ccc(C(C)NC)cc1F.